The predicted molar refractivity (Wildman–Crippen MR) is 57.1 cm³/mol. The molecule has 4 heteroatoms. The van der Waals surface area contributed by atoms with Crippen molar-refractivity contribution in [1.29, 1.82) is 0 Å². The molecule has 1 aliphatic rings. The Morgan fingerprint density at radius 1 is 1.67 bits per heavy atom. The van der Waals surface area contributed by atoms with E-state index in [0.717, 1.165) is 24.9 Å². The molecule has 4 nitrogen and oxygen atoms in total. The quantitative estimate of drug-likeness (QED) is 0.729. The van der Waals surface area contributed by atoms with Gasteiger partial charge in [-0.05, 0) is 25.5 Å². The van der Waals surface area contributed by atoms with Crippen LogP contribution in [0.2, 0.25) is 0 Å². The molecule has 0 radical (unpaired) electrons. The van der Waals surface area contributed by atoms with Gasteiger partial charge in [0.1, 0.15) is 5.69 Å². The van der Waals surface area contributed by atoms with Crippen molar-refractivity contribution in [3.63, 3.8) is 0 Å². The van der Waals surface area contributed by atoms with Crippen molar-refractivity contribution in [2.45, 2.75) is 18.9 Å². The van der Waals surface area contributed by atoms with Gasteiger partial charge in [-0.3, -0.25) is 9.78 Å². The summed E-state index contributed by atoms with van der Waals surface area (Å²) in [5, 5.41) is 9.83. The Bertz CT molecular complexity index is 377. The number of rotatable bonds is 2. The number of pyridine rings is 1. The number of carbonyl (C=O) groups is 1. The van der Waals surface area contributed by atoms with Crippen LogP contribution < -0.4 is 4.90 Å². The average Bonchev–Trinajstić information content (AvgIpc) is 2.59. The van der Waals surface area contributed by atoms with Crippen LogP contribution in [0.4, 0.5) is 5.69 Å². The molecule has 0 bridgehead atoms. The van der Waals surface area contributed by atoms with Crippen LogP contribution in [0, 0.1) is 0 Å². The van der Waals surface area contributed by atoms with E-state index in [4.69, 9.17) is 0 Å². The second kappa shape index (κ2) is 3.62. The van der Waals surface area contributed by atoms with Gasteiger partial charge in [0.2, 0.25) is 0 Å². The van der Waals surface area contributed by atoms with Crippen LogP contribution in [0.5, 0.6) is 0 Å². The highest BCUT2D eigenvalue weighted by atomic mass is 16.3. The Hall–Kier alpha value is -1.42. The lowest BCUT2D eigenvalue weighted by Crippen LogP contribution is -2.29. The number of anilines is 1. The second-order valence-electron chi connectivity index (χ2n) is 4.23. The predicted octanol–water partition coefficient (Wildman–Crippen LogP) is 0.855. The fraction of sp³-hybridized carbons (Fsp3) is 0.455. The van der Waals surface area contributed by atoms with Crippen molar-refractivity contribution in [1.82, 2.24) is 4.98 Å². The average molecular weight is 206 g/mol. The van der Waals surface area contributed by atoms with Crippen LogP contribution >= 0.6 is 0 Å². The summed E-state index contributed by atoms with van der Waals surface area (Å²) < 4.78 is 0. The van der Waals surface area contributed by atoms with Crippen molar-refractivity contribution in [2.24, 2.45) is 0 Å². The molecule has 1 N–H and O–H groups in total. The van der Waals surface area contributed by atoms with Crippen LogP contribution in [0.1, 0.15) is 23.8 Å². The van der Waals surface area contributed by atoms with E-state index >= 15 is 0 Å². The Morgan fingerprint density at radius 3 is 3.07 bits per heavy atom. The first-order chi connectivity index (χ1) is 7.11. The standard InChI is InChI=1S/C11H14N2O2/c1-11(15)3-5-13(8-11)10-2-4-12-9(6-10)7-14/h2,4,6-7,15H,3,5,8H2,1H3. The van der Waals surface area contributed by atoms with Crippen LogP contribution in [-0.2, 0) is 0 Å². The molecule has 2 heterocycles. The molecule has 2 rings (SSSR count). The third-order valence-corrected chi connectivity index (χ3v) is 2.70. The van der Waals surface area contributed by atoms with Gasteiger partial charge in [0.05, 0.1) is 5.60 Å². The minimum absolute atomic E-state index is 0.430. The summed E-state index contributed by atoms with van der Waals surface area (Å²) in [6.07, 6.45) is 3.11. The van der Waals surface area contributed by atoms with E-state index in [1.165, 1.54) is 0 Å². The van der Waals surface area contributed by atoms with E-state index in [-0.39, 0.29) is 0 Å². The molecule has 0 aromatic carbocycles. The fourth-order valence-electron chi connectivity index (χ4n) is 1.86. The van der Waals surface area contributed by atoms with Crippen LogP contribution in [-0.4, -0.2) is 35.1 Å². The molecule has 0 aliphatic carbocycles. The number of nitrogens with zero attached hydrogens (tertiary/aromatic N) is 2. The zero-order valence-corrected chi connectivity index (χ0v) is 8.68. The van der Waals surface area contributed by atoms with Crippen molar-refractivity contribution < 1.29 is 9.90 Å². The molecular weight excluding hydrogens is 192 g/mol. The van der Waals surface area contributed by atoms with Crippen molar-refractivity contribution in [3.8, 4) is 0 Å². The molecule has 1 atom stereocenters. The van der Waals surface area contributed by atoms with Crippen molar-refractivity contribution in [3.05, 3.63) is 24.0 Å². The fourth-order valence-corrected chi connectivity index (χ4v) is 1.86. The van der Waals surface area contributed by atoms with Gasteiger partial charge in [-0.1, -0.05) is 0 Å². The monoisotopic (exact) mass is 206 g/mol. The molecule has 1 saturated heterocycles. The summed E-state index contributed by atoms with van der Waals surface area (Å²) in [6, 6.07) is 3.60. The molecule has 1 aliphatic heterocycles. The summed E-state index contributed by atoms with van der Waals surface area (Å²) in [7, 11) is 0. The molecular formula is C11H14N2O2. The lowest BCUT2D eigenvalue weighted by molar-refractivity contribution is 0.0839. The number of hydrogen-bond donors (Lipinski definition) is 1. The first-order valence-corrected chi connectivity index (χ1v) is 4.99. The van der Waals surface area contributed by atoms with E-state index in [1.54, 1.807) is 12.3 Å². The van der Waals surface area contributed by atoms with Gasteiger partial charge in [0.25, 0.3) is 0 Å². The van der Waals surface area contributed by atoms with Crippen molar-refractivity contribution in [2.75, 3.05) is 18.0 Å². The number of carbonyl (C=O) groups excluding carboxylic acids is 1. The molecule has 0 spiro atoms. The first-order valence-electron chi connectivity index (χ1n) is 4.99. The highest BCUT2D eigenvalue weighted by molar-refractivity contribution is 5.74. The van der Waals surface area contributed by atoms with Crippen LogP contribution in [0.25, 0.3) is 0 Å². The van der Waals surface area contributed by atoms with Gasteiger partial charge >= 0.3 is 0 Å². The zero-order chi connectivity index (χ0) is 10.9. The van der Waals surface area contributed by atoms with Crippen LogP contribution in [0.3, 0.4) is 0 Å². The topological polar surface area (TPSA) is 53.4 Å². The molecule has 1 fully saturated rings. The SMILES string of the molecule is CC1(O)CCN(c2ccnc(C=O)c2)C1. The normalized spacial score (nSPS) is 25.6. The van der Waals surface area contributed by atoms with Gasteiger partial charge in [-0.2, -0.15) is 0 Å². The maximum absolute atomic E-state index is 10.6. The lowest BCUT2D eigenvalue weighted by atomic mass is 10.1. The Kier molecular flexibility index (Phi) is 2.44. The maximum atomic E-state index is 10.6. The number of aldehydes is 1. The Balaban J connectivity index is 2.20. The lowest BCUT2D eigenvalue weighted by Gasteiger charge is -2.20. The maximum Gasteiger partial charge on any atom is 0.168 e. The molecule has 0 amide bonds. The van der Waals surface area contributed by atoms with Gasteiger partial charge in [0, 0.05) is 25.0 Å². The summed E-state index contributed by atoms with van der Waals surface area (Å²) in [5.41, 5.74) is 0.758. The van der Waals surface area contributed by atoms with E-state index in [0.29, 0.717) is 12.2 Å². The second-order valence-corrected chi connectivity index (χ2v) is 4.23. The van der Waals surface area contributed by atoms with Gasteiger partial charge in [0.15, 0.2) is 6.29 Å². The third-order valence-electron chi connectivity index (χ3n) is 2.70. The minimum atomic E-state index is -0.620. The first kappa shape index (κ1) is 10.1. The van der Waals surface area contributed by atoms with E-state index in [9.17, 15) is 9.90 Å². The summed E-state index contributed by atoms with van der Waals surface area (Å²) >= 11 is 0. The summed E-state index contributed by atoms with van der Waals surface area (Å²) in [4.78, 5) is 16.5. The molecule has 0 saturated carbocycles. The highest BCUT2D eigenvalue weighted by Gasteiger charge is 2.31. The Morgan fingerprint density at radius 2 is 2.47 bits per heavy atom. The molecule has 1 aromatic heterocycles. The highest BCUT2D eigenvalue weighted by Crippen LogP contribution is 2.25. The molecule has 1 aromatic rings. The zero-order valence-electron chi connectivity index (χ0n) is 8.68. The smallest absolute Gasteiger partial charge is 0.168 e. The van der Waals surface area contributed by atoms with E-state index in [2.05, 4.69) is 9.88 Å². The largest absolute Gasteiger partial charge is 0.388 e. The van der Waals surface area contributed by atoms with Crippen LogP contribution in [0.15, 0.2) is 18.3 Å². The van der Waals surface area contributed by atoms with Gasteiger partial charge in [-0.25, -0.2) is 0 Å². The van der Waals surface area contributed by atoms with E-state index in [1.807, 2.05) is 13.0 Å². The Labute approximate surface area is 88.6 Å². The minimum Gasteiger partial charge on any atom is -0.388 e. The number of β-amino-alcohol motifs (C(OH)–C–C–N with tert-alkyl or cyclic N) is 1. The summed E-state index contributed by atoms with van der Waals surface area (Å²) in [5.74, 6) is 0. The van der Waals surface area contributed by atoms with Gasteiger partial charge < -0.3 is 10.0 Å². The number of aromatic nitrogens is 1. The molecule has 1 unspecified atom stereocenters. The third kappa shape index (κ3) is 2.15. The molecule has 15 heavy (non-hydrogen) atoms. The number of aliphatic hydroxyl groups is 1. The number of hydrogen-bond acceptors (Lipinski definition) is 4. The van der Waals surface area contributed by atoms with E-state index < -0.39 is 5.60 Å². The molecule has 80 valence electrons. The van der Waals surface area contributed by atoms with Crippen molar-refractivity contribution >= 4 is 12.0 Å². The summed E-state index contributed by atoms with van der Waals surface area (Å²) in [6.45, 7) is 3.25. The van der Waals surface area contributed by atoms with Gasteiger partial charge in [-0.15, -0.1) is 0 Å².